The summed E-state index contributed by atoms with van der Waals surface area (Å²) in [6.07, 6.45) is 13.3. The van der Waals surface area contributed by atoms with Crippen LogP contribution < -0.4 is 4.74 Å². The van der Waals surface area contributed by atoms with Crippen molar-refractivity contribution < 1.29 is 4.74 Å². The van der Waals surface area contributed by atoms with Gasteiger partial charge in [-0.25, -0.2) is 0 Å². The van der Waals surface area contributed by atoms with Crippen molar-refractivity contribution in [3.8, 4) is 5.75 Å². The van der Waals surface area contributed by atoms with Crippen molar-refractivity contribution >= 4 is 0 Å². The molecule has 1 atom stereocenters. The van der Waals surface area contributed by atoms with E-state index < -0.39 is 0 Å². The summed E-state index contributed by atoms with van der Waals surface area (Å²) in [6, 6.07) is 0.597. The van der Waals surface area contributed by atoms with Crippen molar-refractivity contribution in [3.63, 3.8) is 0 Å². The van der Waals surface area contributed by atoms with Crippen LogP contribution in [0.25, 0.3) is 0 Å². The fourth-order valence-corrected chi connectivity index (χ4v) is 3.33. The summed E-state index contributed by atoms with van der Waals surface area (Å²) < 4.78 is 8.20. The third kappa shape index (κ3) is 3.30. The minimum atomic E-state index is 0.336. The molecule has 0 spiro atoms. The van der Waals surface area contributed by atoms with E-state index >= 15 is 0 Å². The van der Waals surface area contributed by atoms with Gasteiger partial charge in [-0.2, -0.15) is 5.10 Å². The molecule has 1 unspecified atom stereocenters. The molecule has 0 aromatic carbocycles. The number of rotatable bonds is 3. The number of hydrogen-bond acceptors (Lipinski definition) is 3. The van der Waals surface area contributed by atoms with Gasteiger partial charge in [0.05, 0.1) is 18.4 Å². The summed E-state index contributed by atoms with van der Waals surface area (Å²) in [7, 11) is 2.17. The predicted octanol–water partition coefficient (Wildman–Crippen LogP) is 2.86. The molecular weight excluding hydrogens is 238 g/mol. The zero-order valence-electron chi connectivity index (χ0n) is 11.9. The molecule has 1 saturated heterocycles. The van der Waals surface area contributed by atoms with Crippen molar-refractivity contribution in [3.05, 3.63) is 12.4 Å². The van der Waals surface area contributed by atoms with E-state index in [0.717, 1.165) is 12.3 Å². The molecule has 0 bridgehead atoms. The van der Waals surface area contributed by atoms with E-state index in [2.05, 4.69) is 27.9 Å². The molecule has 19 heavy (non-hydrogen) atoms. The maximum atomic E-state index is 6.07. The van der Waals surface area contributed by atoms with E-state index in [9.17, 15) is 0 Å². The van der Waals surface area contributed by atoms with Gasteiger partial charge in [0.2, 0.25) is 0 Å². The van der Waals surface area contributed by atoms with E-state index in [1.807, 2.05) is 6.20 Å². The molecule has 2 aliphatic rings. The Labute approximate surface area is 115 Å². The van der Waals surface area contributed by atoms with Gasteiger partial charge in [-0.15, -0.1) is 0 Å². The van der Waals surface area contributed by atoms with Gasteiger partial charge in [0, 0.05) is 6.54 Å². The lowest BCUT2D eigenvalue weighted by Crippen LogP contribution is -2.38. The van der Waals surface area contributed by atoms with Crippen LogP contribution in [0.5, 0.6) is 5.75 Å². The van der Waals surface area contributed by atoms with Crippen LogP contribution in [-0.4, -0.2) is 40.9 Å². The van der Waals surface area contributed by atoms with Gasteiger partial charge in [0.15, 0.2) is 5.75 Å². The van der Waals surface area contributed by atoms with Crippen molar-refractivity contribution in [1.82, 2.24) is 14.7 Å². The Hall–Kier alpha value is -1.03. The van der Waals surface area contributed by atoms with Gasteiger partial charge in [0.1, 0.15) is 6.10 Å². The summed E-state index contributed by atoms with van der Waals surface area (Å²) in [5, 5.41) is 4.50. The first-order valence-electron chi connectivity index (χ1n) is 7.70. The quantitative estimate of drug-likeness (QED) is 0.840. The molecular formula is C15H25N3O. The molecule has 0 amide bonds. The number of hydrogen-bond donors (Lipinski definition) is 0. The number of piperidine rings is 1. The molecule has 2 fully saturated rings. The van der Waals surface area contributed by atoms with Crippen LogP contribution in [0.2, 0.25) is 0 Å². The highest BCUT2D eigenvalue weighted by atomic mass is 16.5. The summed E-state index contributed by atoms with van der Waals surface area (Å²) in [5.41, 5.74) is 0. The van der Waals surface area contributed by atoms with E-state index in [-0.39, 0.29) is 0 Å². The normalized spacial score (nSPS) is 26.5. The van der Waals surface area contributed by atoms with Crippen LogP contribution in [0.1, 0.15) is 51.0 Å². The lowest BCUT2D eigenvalue weighted by atomic mass is 9.96. The lowest BCUT2D eigenvalue weighted by Gasteiger charge is -2.29. The predicted molar refractivity (Wildman–Crippen MR) is 75.5 cm³/mol. The van der Waals surface area contributed by atoms with Gasteiger partial charge >= 0.3 is 0 Å². The number of likely N-dealkylation sites (tertiary alicyclic amines) is 1. The second kappa shape index (κ2) is 5.95. The maximum absolute atomic E-state index is 6.07. The van der Waals surface area contributed by atoms with Gasteiger partial charge < -0.3 is 9.64 Å². The topological polar surface area (TPSA) is 30.3 Å². The fourth-order valence-electron chi connectivity index (χ4n) is 3.33. The first-order chi connectivity index (χ1) is 9.31. The van der Waals surface area contributed by atoms with Crippen LogP contribution in [0.3, 0.4) is 0 Å². The molecule has 2 heterocycles. The molecule has 3 rings (SSSR count). The Kier molecular flexibility index (Phi) is 4.06. The minimum Gasteiger partial charge on any atom is -0.486 e. The first-order valence-corrected chi connectivity index (χ1v) is 7.70. The summed E-state index contributed by atoms with van der Waals surface area (Å²) >= 11 is 0. The van der Waals surface area contributed by atoms with Crippen LogP contribution in [0, 0.1) is 0 Å². The zero-order valence-corrected chi connectivity index (χ0v) is 11.9. The van der Waals surface area contributed by atoms with E-state index in [0.29, 0.717) is 12.1 Å². The highest BCUT2D eigenvalue weighted by Gasteiger charge is 2.20. The van der Waals surface area contributed by atoms with Gasteiger partial charge in [0.25, 0.3) is 0 Å². The Balaban J connectivity index is 1.58. The van der Waals surface area contributed by atoms with Crippen LogP contribution in [-0.2, 0) is 0 Å². The molecule has 1 aliphatic heterocycles. The highest BCUT2D eigenvalue weighted by molar-refractivity contribution is 5.13. The van der Waals surface area contributed by atoms with Crippen molar-refractivity contribution in [1.29, 1.82) is 0 Å². The molecule has 1 saturated carbocycles. The van der Waals surface area contributed by atoms with Crippen LogP contribution >= 0.6 is 0 Å². The standard InChI is InChI=1S/C15H25N3O/c1-17-9-5-8-14(11-17)19-15-10-16-18(12-15)13-6-3-2-4-7-13/h10,12-14H,2-9,11H2,1H3. The maximum Gasteiger partial charge on any atom is 0.157 e. The largest absolute Gasteiger partial charge is 0.486 e. The molecule has 106 valence electrons. The summed E-state index contributed by atoms with van der Waals surface area (Å²) in [6.45, 7) is 2.23. The Bertz CT molecular complexity index is 398. The fraction of sp³-hybridized carbons (Fsp3) is 0.800. The number of likely N-dealkylation sites (N-methyl/N-ethyl adjacent to an activating group) is 1. The van der Waals surface area contributed by atoms with Gasteiger partial charge in [-0.1, -0.05) is 19.3 Å². The SMILES string of the molecule is CN1CCCC(Oc2cnn(C3CCCCC3)c2)C1. The molecule has 1 aromatic heterocycles. The number of aromatic nitrogens is 2. The van der Waals surface area contributed by atoms with Crippen molar-refractivity contribution in [2.24, 2.45) is 0 Å². The molecule has 1 aliphatic carbocycles. The van der Waals surface area contributed by atoms with E-state index in [1.165, 1.54) is 51.5 Å². The molecule has 0 radical (unpaired) electrons. The van der Waals surface area contributed by atoms with E-state index in [1.54, 1.807) is 0 Å². The van der Waals surface area contributed by atoms with Crippen molar-refractivity contribution in [2.75, 3.05) is 20.1 Å². The smallest absolute Gasteiger partial charge is 0.157 e. The molecule has 1 aromatic rings. The average molecular weight is 263 g/mol. The Morgan fingerprint density at radius 2 is 2.00 bits per heavy atom. The minimum absolute atomic E-state index is 0.336. The second-order valence-corrected chi connectivity index (χ2v) is 6.09. The highest BCUT2D eigenvalue weighted by Crippen LogP contribution is 2.29. The first kappa shape index (κ1) is 13.0. The van der Waals surface area contributed by atoms with E-state index in [4.69, 9.17) is 4.74 Å². The molecule has 4 nitrogen and oxygen atoms in total. The molecule has 0 N–H and O–H groups in total. The third-order valence-corrected chi connectivity index (χ3v) is 4.41. The second-order valence-electron chi connectivity index (χ2n) is 6.09. The summed E-state index contributed by atoms with van der Waals surface area (Å²) in [4.78, 5) is 2.35. The number of ether oxygens (including phenoxy) is 1. The molecule has 4 heteroatoms. The van der Waals surface area contributed by atoms with Gasteiger partial charge in [-0.3, -0.25) is 4.68 Å². The Morgan fingerprint density at radius 3 is 2.79 bits per heavy atom. The Morgan fingerprint density at radius 1 is 1.16 bits per heavy atom. The van der Waals surface area contributed by atoms with Crippen LogP contribution in [0.15, 0.2) is 12.4 Å². The van der Waals surface area contributed by atoms with Crippen LogP contribution in [0.4, 0.5) is 0 Å². The number of nitrogens with zero attached hydrogens (tertiary/aromatic N) is 3. The monoisotopic (exact) mass is 263 g/mol. The lowest BCUT2D eigenvalue weighted by molar-refractivity contribution is 0.104. The summed E-state index contributed by atoms with van der Waals surface area (Å²) in [5.74, 6) is 0.950. The zero-order chi connectivity index (χ0) is 13.1. The average Bonchev–Trinajstić information content (AvgIpc) is 2.88. The van der Waals surface area contributed by atoms with Crippen molar-refractivity contribution in [2.45, 2.75) is 57.1 Å². The van der Waals surface area contributed by atoms with Gasteiger partial charge in [-0.05, 0) is 39.3 Å². The third-order valence-electron chi connectivity index (χ3n) is 4.41.